The Bertz CT molecular complexity index is 448. The molecule has 5 heteroatoms. The number of anilines is 1. The molecule has 0 bridgehead atoms. The van der Waals surface area contributed by atoms with Crippen LogP contribution in [0.1, 0.15) is 18.4 Å². The number of piperidine rings is 1. The van der Waals surface area contributed by atoms with Crippen molar-refractivity contribution in [3.05, 3.63) is 33.9 Å². The fourth-order valence-electron chi connectivity index (χ4n) is 2.47. The normalized spacial score (nSPS) is 19.9. The molecule has 0 saturated carbocycles. The molecular weight excluding hydrogens is 232 g/mol. The molecule has 98 valence electrons. The van der Waals surface area contributed by atoms with E-state index >= 15 is 0 Å². The fraction of sp³-hybridized carbons (Fsp3) is 0.538. The number of nitro benzene ring substituents is 1. The van der Waals surface area contributed by atoms with Crippen LogP contribution in [0.2, 0.25) is 0 Å². The molecule has 1 aromatic rings. The van der Waals surface area contributed by atoms with Crippen LogP contribution in [0.25, 0.3) is 0 Å². The summed E-state index contributed by atoms with van der Waals surface area (Å²) in [5, 5.41) is 20.3. The summed E-state index contributed by atoms with van der Waals surface area (Å²) in [5.74, 6) is 0.221. The lowest BCUT2D eigenvalue weighted by atomic mass is 9.98. The first-order valence-corrected chi connectivity index (χ1v) is 6.22. The van der Waals surface area contributed by atoms with E-state index in [0.717, 1.165) is 24.9 Å². The van der Waals surface area contributed by atoms with E-state index in [9.17, 15) is 15.2 Å². The molecule has 1 heterocycles. The molecule has 1 N–H and O–H groups in total. The number of aliphatic hydroxyl groups is 1. The number of hydrogen-bond acceptors (Lipinski definition) is 4. The summed E-state index contributed by atoms with van der Waals surface area (Å²) in [7, 11) is 0. The highest BCUT2D eigenvalue weighted by Crippen LogP contribution is 2.32. The standard InChI is InChI=1S/C13H18N2O3/c1-10-4-5-12(15(17)18)13(7-10)14-6-2-3-11(8-14)9-16/h4-5,7,11,16H,2-3,6,8-9H2,1H3. The highest BCUT2D eigenvalue weighted by Gasteiger charge is 2.25. The average Bonchev–Trinajstić information content (AvgIpc) is 2.38. The molecule has 1 atom stereocenters. The van der Waals surface area contributed by atoms with Crippen molar-refractivity contribution in [1.29, 1.82) is 0 Å². The minimum absolute atomic E-state index is 0.149. The second-order valence-electron chi connectivity index (χ2n) is 4.89. The average molecular weight is 250 g/mol. The summed E-state index contributed by atoms with van der Waals surface area (Å²) in [6.45, 7) is 3.60. The van der Waals surface area contributed by atoms with Crippen molar-refractivity contribution in [2.75, 3.05) is 24.6 Å². The molecule has 1 aliphatic heterocycles. The van der Waals surface area contributed by atoms with Crippen molar-refractivity contribution in [3.8, 4) is 0 Å². The van der Waals surface area contributed by atoms with Gasteiger partial charge in [0, 0.05) is 25.8 Å². The van der Waals surface area contributed by atoms with E-state index in [-0.39, 0.29) is 23.1 Å². The molecular formula is C13H18N2O3. The minimum atomic E-state index is -0.336. The van der Waals surface area contributed by atoms with Crippen molar-refractivity contribution in [2.24, 2.45) is 5.92 Å². The lowest BCUT2D eigenvalue weighted by Gasteiger charge is -2.33. The molecule has 1 fully saturated rings. The van der Waals surface area contributed by atoms with E-state index in [1.165, 1.54) is 0 Å². The first kappa shape index (κ1) is 12.8. The van der Waals surface area contributed by atoms with Gasteiger partial charge in [-0.15, -0.1) is 0 Å². The maximum atomic E-state index is 11.1. The molecule has 2 rings (SSSR count). The van der Waals surface area contributed by atoms with Gasteiger partial charge in [0.05, 0.1) is 4.92 Å². The second kappa shape index (κ2) is 5.35. The van der Waals surface area contributed by atoms with E-state index in [4.69, 9.17) is 0 Å². The van der Waals surface area contributed by atoms with Gasteiger partial charge in [0.25, 0.3) is 5.69 Å². The Hall–Kier alpha value is -1.62. The highest BCUT2D eigenvalue weighted by molar-refractivity contribution is 5.64. The van der Waals surface area contributed by atoms with Gasteiger partial charge in [-0.3, -0.25) is 10.1 Å². The zero-order chi connectivity index (χ0) is 13.1. The van der Waals surface area contributed by atoms with Crippen LogP contribution in [0.5, 0.6) is 0 Å². The van der Waals surface area contributed by atoms with Crippen molar-refractivity contribution in [1.82, 2.24) is 0 Å². The van der Waals surface area contributed by atoms with Crippen LogP contribution in [0.3, 0.4) is 0 Å². The van der Waals surface area contributed by atoms with Gasteiger partial charge in [0.1, 0.15) is 5.69 Å². The largest absolute Gasteiger partial charge is 0.396 e. The van der Waals surface area contributed by atoms with Crippen molar-refractivity contribution < 1.29 is 10.0 Å². The molecule has 18 heavy (non-hydrogen) atoms. The summed E-state index contributed by atoms with van der Waals surface area (Å²) in [6.07, 6.45) is 1.96. The minimum Gasteiger partial charge on any atom is -0.396 e. The van der Waals surface area contributed by atoms with Crippen LogP contribution in [0.4, 0.5) is 11.4 Å². The lowest BCUT2D eigenvalue weighted by molar-refractivity contribution is -0.384. The Kier molecular flexibility index (Phi) is 3.81. The second-order valence-corrected chi connectivity index (χ2v) is 4.89. The Morgan fingerprint density at radius 1 is 1.56 bits per heavy atom. The molecule has 1 saturated heterocycles. The number of benzene rings is 1. The molecule has 5 nitrogen and oxygen atoms in total. The van der Waals surface area contributed by atoms with Gasteiger partial charge in [-0.05, 0) is 37.3 Å². The zero-order valence-electron chi connectivity index (χ0n) is 10.5. The molecule has 0 radical (unpaired) electrons. The maximum absolute atomic E-state index is 11.1. The SMILES string of the molecule is Cc1ccc([N+](=O)[O-])c(N2CCCC(CO)C2)c1. The van der Waals surface area contributed by atoms with Crippen LogP contribution in [-0.2, 0) is 0 Å². The number of aryl methyl sites for hydroxylation is 1. The van der Waals surface area contributed by atoms with Gasteiger partial charge < -0.3 is 10.0 Å². The first-order chi connectivity index (χ1) is 8.61. The van der Waals surface area contributed by atoms with Gasteiger partial charge in [-0.2, -0.15) is 0 Å². The van der Waals surface area contributed by atoms with Gasteiger partial charge >= 0.3 is 0 Å². The quantitative estimate of drug-likeness (QED) is 0.659. The van der Waals surface area contributed by atoms with Crippen molar-refractivity contribution >= 4 is 11.4 Å². The highest BCUT2D eigenvalue weighted by atomic mass is 16.6. The molecule has 1 aromatic carbocycles. The summed E-state index contributed by atoms with van der Waals surface area (Å²) in [4.78, 5) is 12.7. The Balaban J connectivity index is 2.31. The van der Waals surface area contributed by atoms with Gasteiger partial charge in [-0.1, -0.05) is 6.07 Å². The Labute approximate surface area is 106 Å². The molecule has 0 aromatic heterocycles. The van der Waals surface area contributed by atoms with Crippen molar-refractivity contribution in [2.45, 2.75) is 19.8 Å². The number of rotatable bonds is 3. The number of hydrogen-bond donors (Lipinski definition) is 1. The molecule has 1 aliphatic rings. The van der Waals surface area contributed by atoms with Crippen LogP contribution in [-0.4, -0.2) is 29.7 Å². The monoisotopic (exact) mass is 250 g/mol. The molecule has 1 unspecified atom stereocenters. The predicted octanol–water partition coefficient (Wildman–Crippen LogP) is 2.11. The van der Waals surface area contributed by atoms with Gasteiger partial charge in [-0.25, -0.2) is 0 Å². The molecule has 0 amide bonds. The van der Waals surface area contributed by atoms with Gasteiger partial charge in [0.15, 0.2) is 0 Å². The van der Waals surface area contributed by atoms with Gasteiger partial charge in [0.2, 0.25) is 0 Å². The predicted molar refractivity (Wildman–Crippen MR) is 69.9 cm³/mol. The topological polar surface area (TPSA) is 66.6 Å². The summed E-state index contributed by atoms with van der Waals surface area (Å²) >= 11 is 0. The fourth-order valence-corrected chi connectivity index (χ4v) is 2.47. The third kappa shape index (κ3) is 2.61. The van der Waals surface area contributed by atoms with E-state index < -0.39 is 0 Å². The summed E-state index contributed by atoms with van der Waals surface area (Å²) < 4.78 is 0. The van der Waals surface area contributed by atoms with E-state index in [1.54, 1.807) is 12.1 Å². The number of nitrogens with zero attached hydrogens (tertiary/aromatic N) is 2. The van der Waals surface area contributed by atoms with E-state index in [0.29, 0.717) is 12.2 Å². The first-order valence-electron chi connectivity index (χ1n) is 6.22. The van der Waals surface area contributed by atoms with Crippen LogP contribution in [0.15, 0.2) is 18.2 Å². The smallest absolute Gasteiger partial charge is 0.292 e. The Morgan fingerprint density at radius 2 is 2.33 bits per heavy atom. The lowest BCUT2D eigenvalue weighted by Crippen LogP contribution is -2.37. The van der Waals surface area contributed by atoms with E-state index in [1.807, 2.05) is 17.9 Å². The van der Waals surface area contributed by atoms with Crippen LogP contribution >= 0.6 is 0 Å². The van der Waals surface area contributed by atoms with Crippen LogP contribution < -0.4 is 4.90 Å². The number of nitro groups is 1. The molecule has 0 aliphatic carbocycles. The summed E-state index contributed by atoms with van der Waals surface area (Å²) in [5.41, 5.74) is 1.85. The third-order valence-corrected chi connectivity index (χ3v) is 3.45. The summed E-state index contributed by atoms with van der Waals surface area (Å²) in [6, 6.07) is 5.18. The zero-order valence-corrected chi connectivity index (χ0v) is 10.5. The van der Waals surface area contributed by atoms with Crippen molar-refractivity contribution in [3.63, 3.8) is 0 Å². The number of aliphatic hydroxyl groups excluding tert-OH is 1. The van der Waals surface area contributed by atoms with Crippen LogP contribution in [0, 0.1) is 23.0 Å². The maximum Gasteiger partial charge on any atom is 0.292 e. The van der Waals surface area contributed by atoms with E-state index in [2.05, 4.69) is 0 Å². The molecule has 0 spiro atoms. The third-order valence-electron chi connectivity index (χ3n) is 3.45. The Morgan fingerprint density at radius 3 is 3.00 bits per heavy atom.